The number of nitrogens with two attached hydrogens (primary N) is 1. The highest BCUT2D eigenvalue weighted by atomic mass is 19.1. The van der Waals surface area contributed by atoms with Gasteiger partial charge in [0, 0.05) is 24.3 Å². The van der Waals surface area contributed by atoms with Crippen LogP contribution in [-0.2, 0) is 6.54 Å². The van der Waals surface area contributed by atoms with Gasteiger partial charge in [-0.15, -0.1) is 0 Å². The molecule has 5 nitrogen and oxygen atoms in total. The number of benzene rings is 1. The van der Waals surface area contributed by atoms with Gasteiger partial charge in [-0.25, -0.2) is 4.39 Å². The average molecular weight is 295 g/mol. The highest BCUT2D eigenvalue weighted by molar-refractivity contribution is 5.97. The van der Waals surface area contributed by atoms with E-state index in [1.165, 1.54) is 6.07 Å². The van der Waals surface area contributed by atoms with Gasteiger partial charge in [0.05, 0.1) is 0 Å². The number of hydrogen-bond donors (Lipinski definition) is 4. The second kappa shape index (κ2) is 7.38. The Morgan fingerprint density at radius 3 is 2.81 bits per heavy atom. The number of halogens is 1. The topological polar surface area (TPSA) is 90.9 Å². The summed E-state index contributed by atoms with van der Waals surface area (Å²) in [6, 6.07) is 4.52. The molecule has 0 heterocycles. The first-order valence-electron chi connectivity index (χ1n) is 7.23. The second-order valence-electron chi connectivity index (χ2n) is 5.56. The number of amidine groups is 1. The lowest BCUT2D eigenvalue weighted by molar-refractivity contribution is 0.192. The molecule has 2 rings (SSSR count). The number of oxime groups is 1. The SMILES string of the molecule is NC(=NO)c1ccc(CNCC2CCCC2CO)c(F)c1. The maximum Gasteiger partial charge on any atom is 0.170 e. The largest absolute Gasteiger partial charge is 0.409 e. The Hall–Kier alpha value is -1.66. The predicted octanol–water partition coefficient (Wildman–Crippen LogP) is 1.42. The Balaban J connectivity index is 1.89. The molecule has 1 fully saturated rings. The lowest BCUT2D eigenvalue weighted by Crippen LogP contribution is -2.26. The van der Waals surface area contributed by atoms with E-state index in [4.69, 9.17) is 10.9 Å². The van der Waals surface area contributed by atoms with Crippen molar-refractivity contribution in [1.82, 2.24) is 5.32 Å². The van der Waals surface area contributed by atoms with Crippen LogP contribution in [0.4, 0.5) is 4.39 Å². The summed E-state index contributed by atoms with van der Waals surface area (Å²) in [6.07, 6.45) is 3.34. The lowest BCUT2D eigenvalue weighted by atomic mass is 9.97. The van der Waals surface area contributed by atoms with E-state index in [1.54, 1.807) is 12.1 Å². The average Bonchev–Trinajstić information content (AvgIpc) is 2.95. The zero-order chi connectivity index (χ0) is 15.2. The molecule has 0 aliphatic heterocycles. The Morgan fingerprint density at radius 2 is 2.14 bits per heavy atom. The number of nitrogens with zero attached hydrogens (tertiary/aromatic N) is 1. The molecular weight excluding hydrogens is 273 g/mol. The zero-order valence-electron chi connectivity index (χ0n) is 11.9. The van der Waals surface area contributed by atoms with Crippen molar-refractivity contribution in [1.29, 1.82) is 0 Å². The Labute approximate surface area is 123 Å². The van der Waals surface area contributed by atoms with Gasteiger partial charge in [0.15, 0.2) is 5.84 Å². The van der Waals surface area contributed by atoms with Crippen molar-refractivity contribution < 1.29 is 14.7 Å². The fourth-order valence-electron chi connectivity index (χ4n) is 2.92. The standard InChI is InChI=1S/C15H22FN3O2/c16-14-6-10(15(17)19-21)4-5-12(14)8-18-7-11-2-1-3-13(11)9-20/h4-6,11,13,18,20-21H,1-3,7-9H2,(H2,17,19). The maximum atomic E-state index is 13.9. The van der Waals surface area contributed by atoms with Crippen LogP contribution in [-0.4, -0.2) is 29.3 Å². The van der Waals surface area contributed by atoms with Crippen LogP contribution in [0.25, 0.3) is 0 Å². The fraction of sp³-hybridized carbons (Fsp3) is 0.533. The smallest absolute Gasteiger partial charge is 0.170 e. The van der Waals surface area contributed by atoms with E-state index in [0.29, 0.717) is 29.5 Å². The minimum Gasteiger partial charge on any atom is -0.409 e. The summed E-state index contributed by atoms with van der Waals surface area (Å²) in [7, 11) is 0. The summed E-state index contributed by atoms with van der Waals surface area (Å²) >= 11 is 0. The second-order valence-corrected chi connectivity index (χ2v) is 5.56. The summed E-state index contributed by atoms with van der Waals surface area (Å²) in [4.78, 5) is 0. The number of hydrogen-bond acceptors (Lipinski definition) is 4. The normalized spacial score (nSPS) is 22.7. The molecule has 2 unspecified atom stereocenters. The predicted molar refractivity (Wildman–Crippen MR) is 78.5 cm³/mol. The molecule has 1 saturated carbocycles. The van der Waals surface area contributed by atoms with Crippen molar-refractivity contribution in [3.05, 3.63) is 35.1 Å². The lowest BCUT2D eigenvalue weighted by Gasteiger charge is -2.18. The number of nitrogens with one attached hydrogen (secondary N) is 1. The van der Waals surface area contributed by atoms with Crippen LogP contribution >= 0.6 is 0 Å². The summed E-state index contributed by atoms with van der Waals surface area (Å²) in [5.41, 5.74) is 6.32. The van der Waals surface area contributed by atoms with Crippen LogP contribution in [0.15, 0.2) is 23.4 Å². The first-order valence-corrected chi connectivity index (χ1v) is 7.23. The van der Waals surface area contributed by atoms with Crippen molar-refractivity contribution in [2.45, 2.75) is 25.8 Å². The molecule has 1 aromatic rings. The van der Waals surface area contributed by atoms with E-state index >= 15 is 0 Å². The third-order valence-electron chi connectivity index (χ3n) is 4.23. The first kappa shape index (κ1) is 15.7. The minimum atomic E-state index is -0.378. The van der Waals surface area contributed by atoms with Gasteiger partial charge in [-0.2, -0.15) is 0 Å². The summed E-state index contributed by atoms with van der Waals surface area (Å²) in [5.74, 6) is 0.349. The van der Waals surface area contributed by atoms with E-state index in [9.17, 15) is 9.50 Å². The molecule has 116 valence electrons. The van der Waals surface area contributed by atoms with E-state index in [2.05, 4.69) is 10.5 Å². The van der Waals surface area contributed by atoms with Gasteiger partial charge in [-0.05, 0) is 37.3 Å². The highest BCUT2D eigenvalue weighted by Gasteiger charge is 2.25. The third kappa shape index (κ3) is 3.92. The summed E-state index contributed by atoms with van der Waals surface area (Å²) in [5, 5.41) is 23.9. The molecule has 1 aliphatic rings. The van der Waals surface area contributed by atoms with Crippen LogP contribution in [0.5, 0.6) is 0 Å². The number of rotatable bonds is 6. The number of aliphatic hydroxyl groups excluding tert-OH is 1. The molecule has 0 bridgehead atoms. The Bertz CT molecular complexity index is 508. The fourth-order valence-corrected chi connectivity index (χ4v) is 2.92. The molecule has 0 amide bonds. The van der Waals surface area contributed by atoms with Crippen molar-refractivity contribution in [3.63, 3.8) is 0 Å². The van der Waals surface area contributed by atoms with Crippen molar-refractivity contribution in [2.75, 3.05) is 13.2 Å². The van der Waals surface area contributed by atoms with Crippen molar-refractivity contribution in [3.8, 4) is 0 Å². The third-order valence-corrected chi connectivity index (χ3v) is 4.23. The number of aliphatic hydroxyl groups is 1. The molecule has 0 spiro atoms. The molecule has 5 N–H and O–H groups in total. The quantitative estimate of drug-likeness (QED) is 0.276. The molecule has 1 aliphatic carbocycles. The van der Waals surface area contributed by atoms with Crippen LogP contribution in [0.1, 0.15) is 30.4 Å². The molecule has 1 aromatic carbocycles. The summed E-state index contributed by atoms with van der Waals surface area (Å²) in [6.45, 7) is 1.44. The van der Waals surface area contributed by atoms with Gasteiger partial charge in [-0.1, -0.05) is 23.7 Å². The molecule has 21 heavy (non-hydrogen) atoms. The zero-order valence-corrected chi connectivity index (χ0v) is 11.9. The van der Waals surface area contributed by atoms with Gasteiger partial charge < -0.3 is 21.4 Å². The van der Waals surface area contributed by atoms with E-state index in [0.717, 1.165) is 25.8 Å². The first-order chi connectivity index (χ1) is 10.2. The highest BCUT2D eigenvalue weighted by Crippen LogP contribution is 2.30. The van der Waals surface area contributed by atoms with E-state index in [1.807, 2.05) is 0 Å². The molecular formula is C15H22FN3O2. The Kier molecular flexibility index (Phi) is 5.52. The molecule has 0 aromatic heterocycles. The van der Waals surface area contributed by atoms with E-state index in [-0.39, 0.29) is 18.3 Å². The molecule has 0 radical (unpaired) electrons. The van der Waals surface area contributed by atoms with Crippen LogP contribution in [0, 0.1) is 17.7 Å². The van der Waals surface area contributed by atoms with Gasteiger partial charge in [0.2, 0.25) is 0 Å². The van der Waals surface area contributed by atoms with Crippen LogP contribution in [0.3, 0.4) is 0 Å². The van der Waals surface area contributed by atoms with Gasteiger partial charge in [-0.3, -0.25) is 0 Å². The van der Waals surface area contributed by atoms with Gasteiger partial charge >= 0.3 is 0 Å². The Morgan fingerprint density at radius 1 is 1.38 bits per heavy atom. The monoisotopic (exact) mass is 295 g/mol. The van der Waals surface area contributed by atoms with E-state index < -0.39 is 0 Å². The summed E-state index contributed by atoms with van der Waals surface area (Å²) < 4.78 is 13.9. The van der Waals surface area contributed by atoms with Gasteiger partial charge in [0.25, 0.3) is 0 Å². The molecule has 0 saturated heterocycles. The molecule has 6 heteroatoms. The van der Waals surface area contributed by atoms with Crippen molar-refractivity contribution in [2.24, 2.45) is 22.7 Å². The van der Waals surface area contributed by atoms with Crippen molar-refractivity contribution >= 4 is 5.84 Å². The van der Waals surface area contributed by atoms with Crippen LogP contribution in [0.2, 0.25) is 0 Å². The van der Waals surface area contributed by atoms with Gasteiger partial charge in [0.1, 0.15) is 5.82 Å². The molecule has 2 atom stereocenters. The maximum absolute atomic E-state index is 13.9. The minimum absolute atomic E-state index is 0.106. The van der Waals surface area contributed by atoms with Crippen LogP contribution < -0.4 is 11.1 Å².